The smallest absolute Gasteiger partial charge is 0.189 e. The third-order valence-electron chi connectivity index (χ3n) is 3.23. The van der Waals surface area contributed by atoms with Crippen molar-refractivity contribution in [1.82, 2.24) is 9.97 Å². The van der Waals surface area contributed by atoms with Crippen LogP contribution < -0.4 is 0 Å². The van der Waals surface area contributed by atoms with Crippen LogP contribution in [0.3, 0.4) is 0 Å². The number of hydrogen-bond donors (Lipinski definition) is 0. The second-order valence-electron chi connectivity index (χ2n) is 5.00. The molecule has 2 aromatic carbocycles. The van der Waals surface area contributed by atoms with E-state index in [4.69, 9.17) is 11.6 Å². The number of hydrogen-bond acceptors (Lipinski definition) is 3. The first kappa shape index (κ1) is 15.1. The topological polar surface area (TPSA) is 25.8 Å². The van der Waals surface area contributed by atoms with E-state index in [9.17, 15) is 0 Å². The average Bonchev–Trinajstić information content (AvgIpc) is 2.55. The van der Waals surface area contributed by atoms with Crippen LogP contribution in [0.15, 0.2) is 65.8 Å². The summed E-state index contributed by atoms with van der Waals surface area (Å²) in [6.45, 7) is 2.09. The second-order valence-corrected chi connectivity index (χ2v) is 6.33. The SMILES string of the molecule is Cc1ccc(CSc2nc(Cl)cc(-c3ccccc3)n2)cc1. The minimum atomic E-state index is 0.472. The van der Waals surface area contributed by atoms with E-state index in [1.165, 1.54) is 11.1 Å². The first-order valence-electron chi connectivity index (χ1n) is 6.99. The van der Waals surface area contributed by atoms with Crippen molar-refractivity contribution in [3.8, 4) is 11.3 Å². The zero-order valence-electron chi connectivity index (χ0n) is 12.2. The zero-order chi connectivity index (χ0) is 15.4. The highest BCUT2D eigenvalue weighted by Crippen LogP contribution is 2.25. The fraction of sp³-hybridized carbons (Fsp3) is 0.111. The lowest BCUT2D eigenvalue weighted by atomic mass is 10.1. The molecule has 0 atom stereocenters. The fourth-order valence-electron chi connectivity index (χ4n) is 2.05. The molecule has 4 heteroatoms. The number of thioether (sulfide) groups is 1. The maximum atomic E-state index is 6.14. The molecule has 0 unspecified atom stereocenters. The Bertz CT molecular complexity index is 758. The monoisotopic (exact) mass is 326 g/mol. The standard InChI is InChI=1S/C18H15ClN2S/c1-13-7-9-14(10-8-13)12-22-18-20-16(11-17(19)21-18)15-5-3-2-4-6-15/h2-11H,12H2,1H3. The first-order valence-corrected chi connectivity index (χ1v) is 8.35. The summed E-state index contributed by atoms with van der Waals surface area (Å²) in [6, 6.07) is 20.3. The summed E-state index contributed by atoms with van der Waals surface area (Å²) in [6.07, 6.45) is 0. The van der Waals surface area contributed by atoms with Crippen molar-refractivity contribution in [2.75, 3.05) is 0 Å². The number of benzene rings is 2. The van der Waals surface area contributed by atoms with Gasteiger partial charge in [-0.3, -0.25) is 0 Å². The van der Waals surface area contributed by atoms with E-state index >= 15 is 0 Å². The van der Waals surface area contributed by atoms with Crippen LogP contribution in [-0.4, -0.2) is 9.97 Å². The maximum absolute atomic E-state index is 6.14. The predicted molar refractivity (Wildman–Crippen MR) is 93.2 cm³/mol. The lowest BCUT2D eigenvalue weighted by Gasteiger charge is -2.05. The predicted octanol–water partition coefficient (Wildman–Crippen LogP) is 5.40. The van der Waals surface area contributed by atoms with Gasteiger partial charge in [-0.05, 0) is 12.5 Å². The van der Waals surface area contributed by atoms with E-state index in [0.29, 0.717) is 10.3 Å². The normalized spacial score (nSPS) is 10.6. The molecular weight excluding hydrogens is 312 g/mol. The molecule has 3 rings (SSSR count). The van der Waals surface area contributed by atoms with E-state index in [0.717, 1.165) is 17.0 Å². The molecule has 22 heavy (non-hydrogen) atoms. The van der Waals surface area contributed by atoms with Crippen LogP contribution in [0, 0.1) is 6.92 Å². The number of aryl methyl sites for hydroxylation is 1. The molecule has 0 fully saturated rings. The van der Waals surface area contributed by atoms with Crippen LogP contribution in [0.1, 0.15) is 11.1 Å². The molecule has 110 valence electrons. The van der Waals surface area contributed by atoms with Gasteiger partial charge in [0.05, 0.1) is 5.69 Å². The Morgan fingerprint density at radius 1 is 0.955 bits per heavy atom. The molecule has 0 spiro atoms. The Morgan fingerprint density at radius 2 is 1.68 bits per heavy atom. The van der Waals surface area contributed by atoms with Crippen LogP contribution in [-0.2, 0) is 5.75 Å². The van der Waals surface area contributed by atoms with E-state index in [1.54, 1.807) is 17.8 Å². The second kappa shape index (κ2) is 6.95. The summed E-state index contributed by atoms with van der Waals surface area (Å²) >= 11 is 7.73. The van der Waals surface area contributed by atoms with Gasteiger partial charge >= 0.3 is 0 Å². The summed E-state index contributed by atoms with van der Waals surface area (Å²) in [4.78, 5) is 8.91. The molecular formula is C18H15ClN2S. The summed E-state index contributed by atoms with van der Waals surface area (Å²) in [5, 5.41) is 1.17. The van der Waals surface area contributed by atoms with Crippen LogP contribution in [0.25, 0.3) is 11.3 Å². The number of aromatic nitrogens is 2. The molecule has 0 amide bonds. The van der Waals surface area contributed by atoms with Gasteiger partial charge in [-0.1, -0.05) is 83.5 Å². The van der Waals surface area contributed by atoms with Gasteiger partial charge in [0.15, 0.2) is 5.16 Å². The Labute approximate surface area is 139 Å². The van der Waals surface area contributed by atoms with Gasteiger partial charge in [0.2, 0.25) is 0 Å². The Morgan fingerprint density at radius 3 is 2.41 bits per heavy atom. The highest BCUT2D eigenvalue weighted by Gasteiger charge is 2.06. The number of halogens is 1. The van der Waals surface area contributed by atoms with Gasteiger partial charge in [0.1, 0.15) is 5.15 Å². The molecule has 0 bridgehead atoms. The number of nitrogens with zero attached hydrogens (tertiary/aromatic N) is 2. The Hall–Kier alpha value is -1.84. The van der Waals surface area contributed by atoms with E-state index < -0.39 is 0 Å². The van der Waals surface area contributed by atoms with Crippen molar-refractivity contribution < 1.29 is 0 Å². The lowest BCUT2D eigenvalue weighted by Crippen LogP contribution is -1.92. The molecule has 2 nitrogen and oxygen atoms in total. The van der Waals surface area contributed by atoms with Gasteiger partial charge in [-0.2, -0.15) is 0 Å². The molecule has 0 aliphatic heterocycles. The minimum absolute atomic E-state index is 0.472. The van der Waals surface area contributed by atoms with E-state index in [1.807, 2.05) is 30.3 Å². The number of rotatable bonds is 4. The molecule has 0 saturated carbocycles. The summed E-state index contributed by atoms with van der Waals surface area (Å²) in [7, 11) is 0. The molecule has 0 saturated heterocycles. The molecule has 0 N–H and O–H groups in total. The highest BCUT2D eigenvalue weighted by molar-refractivity contribution is 7.98. The quantitative estimate of drug-likeness (QED) is 0.365. The first-order chi connectivity index (χ1) is 10.7. The molecule has 0 aliphatic carbocycles. The van der Waals surface area contributed by atoms with Crippen molar-refractivity contribution in [1.29, 1.82) is 0 Å². The molecule has 0 aliphatic rings. The van der Waals surface area contributed by atoms with Crippen molar-refractivity contribution in [3.05, 3.63) is 76.9 Å². The fourth-order valence-corrected chi connectivity index (χ4v) is 3.10. The summed E-state index contributed by atoms with van der Waals surface area (Å²) < 4.78 is 0. The highest BCUT2D eigenvalue weighted by atomic mass is 35.5. The average molecular weight is 327 g/mol. The molecule has 1 aromatic heterocycles. The van der Waals surface area contributed by atoms with E-state index in [2.05, 4.69) is 41.2 Å². The molecule has 1 heterocycles. The van der Waals surface area contributed by atoms with E-state index in [-0.39, 0.29) is 0 Å². The summed E-state index contributed by atoms with van der Waals surface area (Å²) in [5.74, 6) is 0.828. The molecule has 0 radical (unpaired) electrons. The van der Waals surface area contributed by atoms with Crippen molar-refractivity contribution in [2.45, 2.75) is 17.8 Å². The summed E-state index contributed by atoms with van der Waals surface area (Å²) in [5.41, 5.74) is 4.41. The largest absolute Gasteiger partial charge is 0.222 e. The third-order valence-corrected chi connectivity index (χ3v) is 4.34. The van der Waals surface area contributed by atoms with Crippen molar-refractivity contribution in [3.63, 3.8) is 0 Å². The maximum Gasteiger partial charge on any atom is 0.189 e. The zero-order valence-corrected chi connectivity index (χ0v) is 13.7. The van der Waals surface area contributed by atoms with Gasteiger partial charge in [0.25, 0.3) is 0 Å². The third kappa shape index (κ3) is 3.87. The Kier molecular flexibility index (Phi) is 4.76. The van der Waals surface area contributed by atoms with Gasteiger partial charge in [-0.15, -0.1) is 0 Å². The minimum Gasteiger partial charge on any atom is -0.222 e. The lowest BCUT2D eigenvalue weighted by molar-refractivity contribution is 0.973. The van der Waals surface area contributed by atoms with Crippen LogP contribution in [0.2, 0.25) is 5.15 Å². The Balaban J connectivity index is 1.79. The van der Waals surface area contributed by atoms with Gasteiger partial charge < -0.3 is 0 Å². The van der Waals surface area contributed by atoms with Gasteiger partial charge in [0, 0.05) is 17.4 Å². The van der Waals surface area contributed by atoms with Gasteiger partial charge in [-0.25, -0.2) is 9.97 Å². The van der Waals surface area contributed by atoms with Crippen LogP contribution in [0.5, 0.6) is 0 Å². The van der Waals surface area contributed by atoms with Crippen LogP contribution >= 0.6 is 23.4 Å². The van der Waals surface area contributed by atoms with Crippen LogP contribution in [0.4, 0.5) is 0 Å². The van der Waals surface area contributed by atoms with Crippen molar-refractivity contribution >= 4 is 23.4 Å². The van der Waals surface area contributed by atoms with Crippen molar-refractivity contribution in [2.24, 2.45) is 0 Å². The molecule has 3 aromatic rings.